The van der Waals surface area contributed by atoms with Gasteiger partial charge in [0, 0.05) is 18.3 Å². The van der Waals surface area contributed by atoms with Crippen molar-refractivity contribution in [3.05, 3.63) is 71.3 Å². The Hall–Kier alpha value is -2.55. The summed E-state index contributed by atoms with van der Waals surface area (Å²) in [5.41, 5.74) is 5.54. The number of carbonyl (C=O) groups is 1. The molecule has 0 heterocycles. The maximum Gasteiger partial charge on any atom is 0.330 e. The van der Waals surface area contributed by atoms with E-state index in [1.165, 1.54) is 57.3 Å². The number of fused-ring (bicyclic) bond motifs is 2. The highest BCUT2D eigenvalue weighted by atomic mass is 16.5. The van der Waals surface area contributed by atoms with Gasteiger partial charge in [-0.05, 0) is 83.8 Å². The third-order valence-electron chi connectivity index (χ3n) is 7.80. The molecular weight excluding hydrogens is 394 g/mol. The molecule has 3 atom stereocenters. The molecule has 32 heavy (non-hydrogen) atoms. The lowest BCUT2D eigenvalue weighted by molar-refractivity contribution is -0.134. The van der Waals surface area contributed by atoms with Crippen molar-refractivity contribution in [2.45, 2.75) is 63.7 Å². The molecule has 0 radical (unpaired) electrons. The summed E-state index contributed by atoms with van der Waals surface area (Å²) in [6.07, 6.45) is 11.3. The predicted octanol–water partition coefficient (Wildman–Crippen LogP) is 6.95. The quantitative estimate of drug-likeness (QED) is 0.381. The molecule has 3 nitrogen and oxygen atoms in total. The number of ether oxygens (including phenoxy) is 1. The van der Waals surface area contributed by atoms with E-state index in [1.807, 2.05) is 12.1 Å². The van der Waals surface area contributed by atoms with Crippen LogP contribution in [-0.2, 0) is 14.9 Å². The summed E-state index contributed by atoms with van der Waals surface area (Å²) in [5, 5.41) is 3.68. The van der Waals surface area contributed by atoms with Crippen LogP contribution in [-0.4, -0.2) is 19.6 Å². The Morgan fingerprint density at radius 3 is 2.72 bits per heavy atom. The number of anilines is 1. The van der Waals surface area contributed by atoms with E-state index >= 15 is 0 Å². The van der Waals surface area contributed by atoms with Crippen LogP contribution in [0.15, 0.2) is 54.6 Å². The average Bonchev–Trinajstić information content (AvgIpc) is 2.82. The van der Waals surface area contributed by atoms with Gasteiger partial charge < -0.3 is 10.1 Å². The van der Waals surface area contributed by atoms with Gasteiger partial charge in [-0.3, -0.25) is 0 Å². The van der Waals surface area contributed by atoms with Crippen LogP contribution in [0.2, 0.25) is 0 Å². The van der Waals surface area contributed by atoms with Gasteiger partial charge in [-0.2, -0.15) is 0 Å². The fraction of sp³-hybridized carbons (Fsp3) is 0.483. The van der Waals surface area contributed by atoms with Gasteiger partial charge in [-0.15, -0.1) is 0 Å². The Morgan fingerprint density at radius 1 is 1.16 bits per heavy atom. The molecule has 2 aliphatic carbocycles. The molecule has 0 spiro atoms. The molecule has 4 rings (SSSR count). The van der Waals surface area contributed by atoms with Crippen molar-refractivity contribution in [3.8, 4) is 0 Å². The first-order valence-corrected chi connectivity index (χ1v) is 12.2. The maximum absolute atomic E-state index is 11.4. The fourth-order valence-corrected chi connectivity index (χ4v) is 5.87. The molecule has 3 unspecified atom stereocenters. The molecule has 0 aromatic heterocycles. The molecule has 1 N–H and O–H groups in total. The Kier molecular flexibility index (Phi) is 7.03. The Morgan fingerprint density at radius 2 is 1.97 bits per heavy atom. The van der Waals surface area contributed by atoms with E-state index < -0.39 is 0 Å². The minimum absolute atomic E-state index is 0.329. The topological polar surface area (TPSA) is 38.3 Å². The van der Waals surface area contributed by atoms with Crippen molar-refractivity contribution in [2.24, 2.45) is 11.8 Å². The number of hydrogen-bond acceptors (Lipinski definition) is 3. The monoisotopic (exact) mass is 431 g/mol. The van der Waals surface area contributed by atoms with Crippen molar-refractivity contribution >= 4 is 17.7 Å². The second-order valence-electron chi connectivity index (χ2n) is 10.1. The first kappa shape index (κ1) is 22.6. The molecule has 2 aromatic rings. The summed E-state index contributed by atoms with van der Waals surface area (Å²) in [6.45, 7) is 5.57. The highest BCUT2D eigenvalue weighted by Gasteiger charge is 2.44. The third-order valence-corrected chi connectivity index (χ3v) is 7.80. The smallest absolute Gasteiger partial charge is 0.330 e. The second-order valence-corrected chi connectivity index (χ2v) is 10.1. The van der Waals surface area contributed by atoms with Crippen LogP contribution in [0.25, 0.3) is 6.08 Å². The van der Waals surface area contributed by atoms with E-state index in [0.717, 1.165) is 29.6 Å². The zero-order valence-electron chi connectivity index (χ0n) is 19.8. The normalized spacial score (nSPS) is 25.1. The lowest BCUT2D eigenvalue weighted by Crippen LogP contribution is -2.42. The highest BCUT2D eigenvalue weighted by Crippen LogP contribution is 2.52. The van der Waals surface area contributed by atoms with Crippen LogP contribution in [0.4, 0.5) is 5.69 Å². The van der Waals surface area contributed by atoms with Crippen LogP contribution < -0.4 is 5.32 Å². The largest absolute Gasteiger partial charge is 0.466 e. The number of rotatable bonds is 7. The summed E-state index contributed by atoms with van der Waals surface area (Å²) in [7, 11) is 1.40. The number of methoxy groups -OCH3 is 1. The molecule has 2 aromatic carbocycles. The minimum atomic E-state index is -0.329. The number of esters is 1. The number of carbonyl (C=O) groups excluding carboxylic acids is 1. The minimum Gasteiger partial charge on any atom is -0.466 e. The van der Waals surface area contributed by atoms with Crippen LogP contribution in [0.5, 0.6) is 0 Å². The highest BCUT2D eigenvalue weighted by molar-refractivity contribution is 5.87. The van der Waals surface area contributed by atoms with Gasteiger partial charge in [-0.25, -0.2) is 4.79 Å². The van der Waals surface area contributed by atoms with Crippen molar-refractivity contribution in [1.29, 1.82) is 0 Å². The van der Waals surface area contributed by atoms with E-state index in [0.29, 0.717) is 11.3 Å². The fourth-order valence-electron chi connectivity index (χ4n) is 5.87. The van der Waals surface area contributed by atoms with Crippen molar-refractivity contribution in [3.63, 3.8) is 0 Å². The number of hydrogen-bond donors (Lipinski definition) is 1. The molecule has 0 amide bonds. The SMILES string of the molecule is COC(=O)/C=C/c1cccc(NCC2CCC3(c4ccc(C(C)C)cc4)CCCC2C3)c1. The molecular formula is C29H37NO2. The summed E-state index contributed by atoms with van der Waals surface area (Å²) in [4.78, 5) is 11.4. The molecule has 0 saturated heterocycles. The van der Waals surface area contributed by atoms with Crippen molar-refractivity contribution in [1.82, 2.24) is 0 Å². The predicted molar refractivity (Wildman–Crippen MR) is 133 cm³/mol. The van der Waals surface area contributed by atoms with Gasteiger partial charge in [0.1, 0.15) is 0 Å². The first-order valence-electron chi connectivity index (χ1n) is 12.2. The standard InChI is InChI=1S/C29H37NO2/c1-21(2)23-10-12-26(13-11-23)29-16-5-7-24(19-29)25(15-17-29)20-30-27-8-4-6-22(18-27)9-14-28(31)32-3/h4,6,8-14,18,21,24-25,30H,5,7,15-17,19-20H2,1-3H3/b14-9+. The molecule has 3 heteroatoms. The maximum atomic E-state index is 11.4. The van der Waals surface area contributed by atoms with E-state index in [-0.39, 0.29) is 5.97 Å². The Balaban J connectivity index is 1.38. The van der Waals surface area contributed by atoms with E-state index in [4.69, 9.17) is 0 Å². The van der Waals surface area contributed by atoms with Gasteiger partial charge in [-0.1, -0.05) is 63.1 Å². The van der Waals surface area contributed by atoms with E-state index in [2.05, 4.69) is 60.3 Å². The molecule has 2 aliphatic rings. The van der Waals surface area contributed by atoms with Crippen LogP contribution in [0.3, 0.4) is 0 Å². The average molecular weight is 432 g/mol. The molecule has 2 saturated carbocycles. The van der Waals surface area contributed by atoms with Crippen LogP contribution >= 0.6 is 0 Å². The zero-order valence-corrected chi connectivity index (χ0v) is 19.8. The number of benzene rings is 2. The molecule has 0 aliphatic heterocycles. The summed E-state index contributed by atoms with van der Waals surface area (Å²) in [6, 6.07) is 17.8. The van der Waals surface area contributed by atoms with Gasteiger partial charge >= 0.3 is 5.97 Å². The Bertz CT molecular complexity index is 946. The number of nitrogens with one attached hydrogen (secondary N) is 1. The molecule has 170 valence electrons. The van der Waals surface area contributed by atoms with Crippen molar-refractivity contribution in [2.75, 3.05) is 19.0 Å². The Labute approximate surface area is 193 Å². The van der Waals surface area contributed by atoms with Crippen LogP contribution in [0, 0.1) is 11.8 Å². The molecule has 2 fully saturated rings. The van der Waals surface area contributed by atoms with Gasteiger partial charge in [0.05, 0.1) is 7.11 Å². The summed E-state index contributed by atoms with van der Waals surface area (Å²) >= 11 is 0. The van der Waals surface area contributed by atoms with Gasteiger partial charge in [0.25, 0.3) is 0 Å². The lowest BCUT2D eigenvalue weighted by atomic mass is 9.56. The lowest BCUT2D eigenvalue weighted by Gasteiger charge is -2.49. The van der Waals surface area contributed by atoms with Crippen molar-refractivity contribution < 1.29 is 9.53 Å². The summed E-state index contributed by atoms with van der Waals surface area (Å²) < 4.78 is 4.68. The zero-order chi connectivity index (χ0) is 22.6. The van der Waals surface area contributed by atoms with E-state index in [9.17, 15) is 4.79 Å². The second kappa shape index (κ2) is 9.94. The van der Waals surface area contributed by atoms with Crippen LogP contribution in [0.1, 0.15) is 75.0 Å². The van der Waals surface area contributed by atoms with Gasteiger partial charge in [0.2, 0.25) is 0 Å². The third kappa shape index (κ3) is 5.09. The summed E-state index contributed by atoms with van der Waals surface area (Å²) in [5.74, 6) is 1.80. The van der Waals surface area contributed by atoms with Gasteiger partial charge in [0.15, 0.2) is 0 Å². The first-order chi connectivity index (χ1) is 15.5. The van der Waals surface area contributed by atoms with E-state index in [1.54, 1.807) is 11.6 Å². The molecule has 2 bridgehead atoms.